The second kappa shape index (κ2) is 4.79. The molecule has 0 radical (unpaired) electrons. The Morgan fingerprint density at radius 1 is 1.64 bits per heavy atom. The molecule has 2 nitrogen and oxygen atoms in total. The van der Waals surface area contributed by atoms with E-state index in [1.807, 2.05) is 0 Å². The second-order valence-corrected chi connectivity index (χ2v) is 3.37. The lowest BCUT2D eigenvalue weighted by atomic mass is 10.1. The fourth-order valence-electron chi connectivity index (χ4n) is 0.918. The van der Waals surface area contributed by atoms with E-state index in [1.54, 1.807) is 0 Å². The van der Waals surface area contributed by atoms with Crippen LogP contribution in [-0.2, 0) is 5.33 Å². The standard InChI is InChI=1S/C8H5BrClF2NO/c9-2-6-5(8(11)12)1-4(3-13-6)7(10)14/h1,3,8H,2H2. The van der Waals surface area contributed by atoms with E-state index >= 15 is 0 Å². The Balaban J connectivity index is 3.20. The first-order valence-corrected chi connectivity index (χ1v) is 5.09. The van der Waals surface area contributed by atoms with Gasteiger partial charge in [0.25, 0.3) is 11.7 Å². The van der Waals surface area contributed by atoms with Gasteiger partial charge < -0.3 is 0 Å². The van der Waals surface area contributed by atoms with Gasteiger partial charge in [0.1, 0.15) is 0 Å². The van der Waals surface area contributed by atoms with Gasteiger partial charge in [0.15, 0.2) is 0 Å². The van der Waals surface area contributed by atoms with Crippen LogP contribution in [0.5, 0.6) is 0 Å². The highest BCUT2D eigenvalue weighted by molar-refractivity contribution is 9.08. The fraction of sp³-hybridized carbons (Fsp3) is 0.250. The van der Waals surface area contributed by atoms with Gasteiger partial charge in [-0.05, 0) is 17.7 Å². The summed E-state index contributed by atoms with van der Waals surface area (Å²) in [5.74, 6) is 0. The van der Waals surface area contributed by atoms with Crippen molar-refractivity contribution in [2.24, 2.45) is 0 Å². The molecule has 1 aromatic heterocycles. The third-order valence-electron chi connectivity index (χ3n) is 1.59. The Kier molecular flexibility index (Phi) is 3.95. The maximum absolute atomic E-state index is 12.4. The fourth-order valence-corrected chi connectivity index (χ4v) is 1.49. The molecule has 0 unspecified atom stereocenters. The van der Waals surface area contributed by atoms with Gasteiger partial charge in [0, 0.05) is 17.1 Å². The molecule has 0 aliphatic carbocycles. The zero-order valence-corrected chi connectivity index (χ0v) is 9.15. The molecular formula is C8H5BrClF2NO. The molecular weight excluding hydrogens is 279 g/mol. The van der Waals surface area contributed by atoms with E-state index in [1.165, 1.54) is 6.20 Å². The van der Waals surface area contributed by atoms with Gasteiger partial charge in [-0.2, -0.15) is 0 Å². The van der Waals surface area contributed by atoms with Gasteiger partial charge in [-0.1, -0.05) is 15.9 Å². The first-order chi connectivity index (χ1) is 6.56. The molecule has 1 heterocycles. The molecule has 6 heteroatoms. The number of halogens is 4. The van der Waals surface area contributed by atoms with E-state index in [-0.39, 0.29) is 22.2 Å². The lowest BCUT2D eigenvalue weighted by Crippen LogP contribution is -2.00. The number of aromatic nitrogens is 1. The number of hydrogen-bond acceptors (Lipinski definition) is 2. The highest BCUT2D eigenvalue weighted by Crippen LogP contribution is 2.24. The molecule has 0 saturated carbocycles. The van der Waals surface area contributed by atoms with E-state index in [0.29, 0.717) is 0 Å². The third kappa shape index (κ3) is 2.48. The highest BCUT2D eigenvalue weighted by Gasteiger charge is 2.15. The number of hydrogen-bond donors (Lipinski definition) is 0. The van der Waals surface area contributed by atoms with Crippen molar-refractivity contribution in [3.05, 3.63) is 29.1 Å². The molecule has 1 rings (SSSR count). The molecule has 0 spiro atoms. The summed E-state index contributed by atoms with van der Waals surface area (Å²) in [4.78, 5) is 14.4. The first-order valence-electron chi connectivity index (χ1n) is 3.59. The number of pyridine rings is 1. The van der Waals surface area contributed by atoms with Crippen molar-refractivity contribution >= 4 is 32.8 Å². The summed E-state index contributed by atoms with van der Waals surface area (Å²) in [6.07, 6.45) is -1.48. The maximum atomic E-state index is 12.4. The van der Waals surface area contributed by atoms with Gasteiger partial charge in [0.2, 0.25) is 0 Å². The Bertz CT molecular complexity index is 359. The van der Waals surface area contributed by atoms with Crippen molar-refractivity contribution in [2.75, 3.05) is 0 Å². The number of alkyl halides is 3. The van der Waals surface area contributed by atoms with Crippen LogP contribution in [0.2, 0.25) is 0 Å². The Hall–Kier alpha value is -0.550. The molecule has 0 aliphatic heterocycles. The van der Waals surface area contributed by atoms with Crippen molar-refractivity contribution < 1.29 is 13.6 Å². The Morgan fingerprint density at radius 2 is 2.29 bits per heavy atom. The molecule has 0 atom stereocenters. The van der Waals surface area contributed by atoms with Gasteiger partial charge in [-0.15, -0.1) is 0 Å². The topological polar surface area (TPSA) is 30.0 Å². The van der Waals surface area contributed by atoms with Crippen molar-refractivity contribution in [2.45, 2.75) is 11.8 Å². The highest BCUT2D eigenvalue weighted by atomic mass is 79.9. The number of nitrogens with zero attached hydrogens (tertiary/aromatic N) is 1. The summed E-state index contributed by atoms with van der Waals surface area (Å²) in [6, 6.07) is 1.06. The van der Waals surface area contributed by atoms with Gasteiger partial charge in [-0.3, -0.25) is 9.78 Å². The molecule has 0 aliphatic rings. The minimum absolute atomic E-state index is 0.0216. The van der Waals surface area contributed by atoms with Crippen LogP contribution in [0.4, 0.5) is 8.78 Å². The summed E-state index contributed by atoms with van der Waals surface area (Å²) in [5.41, 5.74) is -0.0818. The SMILES string of the molecule is O=C(Cl)c1cnc(CBr)c(C(F)F)c1. The zero-order valence-electron chi connectivity index (χ0n) is 6.81. The summed E-state index contributed by atoms with van der Waals surface area (Å²) in [7, 11) is 0. The van der Waals surface area contributed by atoms with Gasteiger partial charge >= 0.3 is 0 Å². The molecule has 0 bridgehead atoms. The lowest BCUT2D eigenvalue weighted by molar-refractivity contribution is 0.108. The largest absolute Gasteiger partial charge is 0.276 e. The summed E-state index contributed by atoms with van der Waals surface area (Å²) < 4.78 is 24.9. The van der Waals surface area contributed by atoms with Gasteiger partial charge in [-0.25, -0.2) is 8.78 Å². The first kappa shape index (κ1) is 11.5. The van der Waals surface area contributed by atoms with Crippen LogP contribution in [0.15, 0.2) is 12.3 Å². The summed E-state index contributed by atoms with van der Waals surface area (Å²) >= 11 is 8.16. The average Bonchev–Trinajstić information content (AvgIpc) is 2.16. The predicted octanol–water partition coefficient (Wildman–Crippen LogP) is 3.29. The third-order valence-corrected chi connectivity index (χ3v) is 2.34. The van der Waals surface area contributed by atoms with E-state index in [4.69, 9.17) is 11.6 Å². The van der Waals surface area contributed by atoms with Crippen LogP contribution < -0.4 is 0 Å². The normalized spacial score (nSPS) is 10.6. The van der Waals surface area contributed by atoms with Crippen LogP contribution in [0, 0.1) is 0 Å². The number of carbonyl (C=O) groups excluding carboxylic acids is 1. The van der Waals surface area contributed by atoms with E-state index in [9.17, 15) is 13.6 Å². The monoisotopic (exact) mass is 283 g/mol. The maximum Gasteiger partial charge on any atom is 0.265 e. The summed E-state index contributed by atoms with van der Waals surface area (Å²) in [5, 5.41) is -0.579. The Labute approximate surface area is 92.4 Å². The van der Waals surface area contributed by atoms with Crippen LogP contribution in [0.25, 0.3) is 0 Å². The molecule has 76 valence electrons. The Morgan fingerprint density at radius 3 is 2.71 bits per heavy atom. The second-order valence-electron chi connectivity index (χ2n) is 2.47. The van der Waals surface area contributed by atoms with Crippen molar-refractivity contribution in [3.8, 4) is 0 Å². The van der Waals surface area contributed by atoms with E-state index in [2.05, 4.69) is 20.9 Å². The van der Waals surface area contributed by atoms with Crippen molar-refractivity contribution in [3.63, 3.8) is 0 Å². The minimum Gasteiger partial charge on any atom is -0.276 e. The van der Waals surface area contributed by atoms with Gasteiger partial charge in [0.05, 0.1) is 11.3 Å². The van der Waals surface area contributed by atoms with Crippen LogP contribution in [0.3, 0.4) is 0 Å². The van der Waals surface area contributed by atoms with E-state index < -0.39 is 11.7 Å². The molecule has 0 saturated heterocycles. The number of rotatable bonds is 3. The molecule has 14 heavy (non-hydrogen) atoms. The minimum atomic E-state index is -2.66. The molecule has 0 aromatic carbocycles. The molecule has 0 N–H and O–H groups in total. The van der Waals surface area contributed by atoms with Crippen molar-refractivity contribution in [1.29, 1.82) is 0 Å². The van der Waals surface area contributed by atoms with Crippen LogP contribution in [-0.4, -0.2) is 10.2 Å². The lowest BCUT2D eigenvalue weighted by Gasteiger charge is -2.05. The smallest absolute Gasteiger partial charge is 0.265 e. The molecule has 0 amide bonds. The molecule has 1 aromatic rings. The quantitative estimate of drug-likeness (QED) is 0.630. The van der Waals surface area contributed by atoms with Crippen molar-refractivity contribution in [1.82, 2.24) is 4.98 Å². The predicted molar refractivity (Wildman–Crippen MR) is 52.0 cm³/mol. The number of carbonyl (C=O) groups is 1. The van der Waals surface area contributed by atoms with E-state index in [0.717, 1.165) is 6.07 Å². The molecule has 0 fully saturated rings. The van der Waals surface area contributed by atoms with Crippen LogP contribution in [0.1, 0.15) is 28.0 Å². The van der Waals surface area contributed by atoms with Crippen LogP contribution >= 0.6 is 27.5 Å². The summed E-state index contributed by atoms with van der Waals surface area (Å²) in [6.45, 7) is 0. The zero-order chi connectivity index (χ0) is 10.7. The average molecular weight is 284 g/mol.